The van der Waals surface area contributed by atoms with Crippen LogP contribution in [0.5, 0.6) is 11.5 Å². The van der Waals surface area contributed by atoms with Gasteiger partial charge in [0.1, 0.15) is 23.1 Å². The largest absolute Gasteiger partial charge is 0.459 e. The summed E-state index contributed by atoms with van der Waals surface area (Å²) in [5.41, 5.74) is 3.61. The van der Waals surface area contributed by atoms with Crippen LogP contribution in [-0.4, -0.2) is 22.8 Å². The van der Waals surface area contributed by atoms with Crippen molar-refractivity contribution in [3.8, 4) is 11.5 Å². The minimum atomic E-state index is -0.385. The quantitative estimate of drug-likeness (QED) is 0.279. The van der Waals surface area contributed by atoms with Crippen molar-refractivity contribution in [3.05, 3.63) is 101 Å². The molecule has 0 aliphatic rings. The first-order valence-electron chi connectivity index (χ1n) is 11.4. The first kappa shape index (κ1) is 24.1. The lowest BCUT2D eigenvalue weighted by molar-refractivity contribution is -0.117. The summed E-state index contributed by atoms with van der Waals surface area (Å²) >= 11 is 0. The molecule has 4 aromatic rings. The Morgan fingerprint density at radius 2 is 1.54 bits per heavy atom. The van der Waals surface area contributed by atoms with Crippen LogP contribution in [0.25, 0.3) is 10.9 Å². The van der Waals surface area contributed by atoms with Crippen LogP contribution in [0.1, 0.15) is 40.9 Å². The molecule has 0 bridgehead atoms. The van der Waals surface area contributed by atoms with Crippen LogP contribution in [0.2, 0.25) is 0 Å². The summed E-state index contributed by atoms with van der Waals surface area (Å²) < 4.78 is 24.5. The molecule has 6 heteroatoms. The molecule has 0 atom stereocenters. The molecule has 0 spiro atoms. The monoisotopic (exact) mass is 471 g/mol. The van der Waals surface area contributed by atoms with Gasteiger partial charge < -0.3 is 9.47 Å². The molecule has 1 aromatic heterocycles. The maximum atomic E-state index is 13.0. The molecular formula is C29H26FNO4. The van der Waals surface area contributed by atoms with E-state index in [4.69, 9.17) is 9.47 Å². The van der Waals surface area contributed by atoms with Gasteiger partial charge in [-0.25, -0.2) is 9.18 Å². The molecule has 0 amide bonds. The first-order chi connectivity index (χ1) is 16.8. The van der Waals surface area contributed by atoms with Gasteiger partial charge in [0.2, 0.25) is 0 Å². The van der Waals surface area contributed by atoms with Crippen LogP contribution in [0, 0.1) is 12.7 Å². The summed E-state index contributed by atoms with van der Waals surface area (Å²) in [5.74, 6) is 0.499. The fourth-order valence-electron chi connectivity index (χ4n) is 3.78. The number of aryl methyl sites for hydroxylation is 1. The van der Waals surface area contributed by atoms with E-state index < -0.39 is 0 Å². The van der Waals surface area contributed by atoms with Crippen molar-refractivity contribution in [3.63, 3.8) is 0 Å². The predicted octanol–water partition coefficient (Wildman–Crippen LogP) is 6.39. The van der Waals surface area contributed by atoms with E-state index in [-0.39, 0.29) is 36.5 Å². The van der Waals surface area contributed by atoms with Crippen molar-refractivity contribution in [1.29, 1.82) is 0 Å². The Kier molecular flexibility index (Phi) is 7.20. The molecular weight excluding hydrogens is 445 g/mol. The number of benzene rings is 3. The highest BCUT2D eigenvalue weighted by Crippen LogP contribution is 2.31. The zero-order valence-corrected chi connectivity index (χ0v) is 19.9. The van der Waals surface area contributed by atoms with Crippen LogP contribution < -0.4 is 4.74 Å². The number of carbonyl (C=O) groups excluding carboxylic acids is 2. The maximum absolute atomic E-state index is 13.0. The molecule has 178 valence electrons. The lowest BCUT2D eigenvalue weighted by atomic mass is 10.0. The zero-order valence-electron chi connectivity index (χ0n) is 19.9. The van der Waals surface area contributed by atoms with Gasteiger partial charge in [0.25, 0.3) is 0 Å². The van der Waals surface area contributed by atoms with Gasteiger partial charge in [0.15, 0.2) is 0 Å². The normalized spacial score (nSPS) is 11.0. The number of hydrogen-bond acceptors (Lipinski definition) is 5. The zero-order chi connectivity index (χ0) is 24.9. The summed E-state index contributed by atoms with van der Waals surface area (Å²) in [5, 5.41) is 0.701. The van der Waals surface area contributed by atoms with E-state index in [0.717, 1.165) is 16.7 Å². The van der Waals surface area contributed by atoms with E-state index in [1.54, 1.807) is 42.6 Å². The molecule has 4 rings (SSSR count). The van der Waals surface area contributed by atoms with Gasteiger partial charge in [-0.3, -0.25) is 9.78 Å². The number of carbonyl (C=O) groups is 2. The number of fused-ring (bicyclic) bond motifs is 1. The summed E-state index contributed by atoms with van der Waals surface area (Å²) in [6.45, 7) is 5.47. The third kappa shape index (κ3) is 6.09. The number of ether oxygens (including phenoxy) is 2. The minimum Gasteiger partial charge on any atom is -0.459 e. The molecule has 0 saturated heterocycles. The van der Waals surface area contributed by atoms with Gasteiger partial charge in [-0.05, 0) is 79.9 Å². The van der Waals surface area contributed by atoms with Crippen molar-refractivity contribution >= 4 is 22.7 Å². The Morgan fingerprint density at radius 1 is 0.914 bits per heavy atom. The fraction of sp³-hybridized carbons (Fsp3) is 0.207. The number of hydrogen-bond donors (Lipinski definition) is 0. The second-order valence-electron chi connectivity index (χ2n) is 8.71. The average molecular weight is 472 g/mol. The van der Waals surface area contributed by atoms with Crippen LogP contribution >= 0.6 is 0 Å². The van der Waals surface area contributed by atoms with Crippen LogP contribution in [0.3, 0.4) is 0 Å². The number of aromatic nitrogens is 1. The van der Waals surface area contributed by atoms with E-state index in [1.165, 1.54) is 12.1 Å². The number of esters is 1. The topological polar surface area (TPSA) is 65.5 Å². The summed E-state index contributed by atoms with van der Waals surface area (Å²) in [6.07, 6.45) is 1.97. The summed E-state index contributed by atoms with van der Waals surface area (Å²) in [6, 6.07) is 18.6. The molecule has 0 aliphatic heterocycles. The van der Waals surface area contributed by atoms with Gasteiger partial charge in [0.05, 0.1) is 17.2 Å². The van der Waals surface area contributed by atoms with E-state index in [2.05, 4.69) is 4.98 Å². The Balaban J connectivity index is 1.49. The van der Waals surface area contributed by atoms with Crippen molar-refractivity contribution in [2.24, 2.45) is 0 Å². The summed E-state index contributed by atoms with van der Waals surface area (Å²) in [4.78, 5) is 29.3. The van der Waals surface area contributed by atoms with Gasteiger partial charge in [-0.1, -0.05) is 24.3 Å². The van der Waals surface area contributed by atoms with Crippen molar-refractivity contribution in [2.75, 3.05) is 0 Å². The molecule has 0 saturated carbocycles. The number of ketones is 1. The number of halogens is 1. The lowest BCUT2D eigenvalue weighted by Crippen LogP contribution is -2.13. The van der Waals surface area contributed by atoms with Crippen molar-refractivity contribution < 1.29 is 23.5 Å². The predicted molar refractivity (Wildman–Crippen MR) is 132 cm³/mol. The van der Waals surface area contributed by atoms with E-state index >= 15 is 0 Å². The number of Topliss-reactive ketones (excluding diaryl/α,β-unsaturated/α-hetero) is 1. The third-order valence-corrected chi connectivity index (χ3v) is 5.48. The van der Waals surface area contributed by atoms with Crippen molar-refractivity contribution in [2.45, 2.75) is 39.7 Å². The Hall–Kier alpha value is -4.06. The third-order valence-electron chi connectivity index (χ3n) is 5.48. The maximum Gasteiger partial charge on any atom is 0.338 e. The van der Waals surface area contributed by atoms with Gasteiger partial charge in [-0.15, -0.1) is 0 Å². The fourth-order valence-corrected chi connectivity index (χ4v) is 3.78. The van der Waals surface area contributed by atoms with Crippen LogP contribution in [-0.2, 0) is 22.4 Å². The van der Waals surface area contributed by atoms with Gasteiger partial charge in [-0.2, -0.15) is 0 Å². The van der Waals surface area contributed by atoms with Crippen LogP contribution in [0.4, 0.5) is 4.39 Å². The average Bonchev–Trinajstić information content (AvgIpc) is 2.81. The molecule has 0 radical (unpaired) electrons. The van der Waals surface area contributed by atoms with Gasteiger partial charge >= 0.3 is 5.97 Å². The highest BCUT2D eigenvalue weighted by atomic mass is 19.1. The second kappa shape index (κ2) is 10.5. The SMILES string of the molecule is Cc1cc2nccc(Oc3ccc(CC(=O)Cc4ccc(F)cc4)cc3)c2cc1C(=O)OC(C)C. The Bertz CT molecular complexity index is 1360. The molecule has 5 nitrogen and oxygen atoms in total. The molecule has 0 unspecified atom stereocenters. The Labute approximate surface area is 203 Å². The molecule has 3 aromatic carbocycles. The standard InChI is InChI=1S/C29H26FNO4/c1-18(2)34-29(33)25-17-26-27(14-19(25)3)31-13-12-28(26)35-24-10-6-21(7-11-24)16-23(32)15-20-4-8-22(30)9-5-20/h4-14,17-18H,15-16H2,1-3H3. The highest BCUT2D eigenvalue weighted by molar-refractivity contribution is 5.98. The number of pyridine rings is 1. The highest BCUT2D eigenvalue weighted by Gasteiger charge is 2.16. The van der Waals surface area contributed by atoms with Gasteiger partial charge in [0, 0.05) is 24.4 Å². The molecule has 0 aliphatic carbocycles. The minimum absolute atomic E-state index is 0.0431. The number of nitrogens with zero attached hydrogens (tertiary/aromatic N) is 1. The summed E-state index contributed by atoms with van der Waals surface area (Å²) in [7, 11) is 0. The van der Waals surface area contributed by atoms with E-state index in [9.17, 15) is 14.0 Å². The van der Waals surface area contributed by atoms with E-state index in [1.807, 2.05) is 39.0 Å². The van der Waals surface area contributed by atoms with Crippen molar-refractivity contribution in [1.82, 2.24) is 4.98 Å². The molecule has 0 fully saturated rings. The van der Waals surface area contributed by atoms with Crippen LogP contribution in [0.15, 0.2) is 72.9 Å². The van der Waals surface area contributed by atoms with E-state index in [0.29, 0.717) is 28.0 Å². The first-order valence-corrected chi connectivity index (χ1v) is 11.4. The number of rotatable bonds is 8. The smallest absolute Gasteiger partial charge is 0.338 e. The lowest BCUT2D eigenvalue weighted by Gasteiger charge is -2.13. The second-order valence-corrected chi connectivity index (χ2v) is 8.71. The molecule has 35 heavy (non-hydrogen) atoms. The molecule has 0 N–H and O–H groups in total. The Morgan fingerprint density at radius 3 is 2.17 bits per heavy atom. The molecule has 1 heterocycles.